The Bertz CT molecular complexity index is 1440. The summed E-state index contributed by atoms with van der Waals surface area (Å²) in [5.41, 5.74) is 14.7. The summed E-state index contributed by atoms with van der Waals surface area (Å²) in [5.74, 6) is 0. The monoisotopic (exact) mass is 687 g/mol. The predicted octanol–water partition coefficient (Wildman–Crippen LogP) is 11.8. The van der Waals surface area contributed by atoms with Crippen molar-refractivity contribution in [3.63, 3.8) is 0 Å². The van der Waals surface area contributed by atoms with Gasteiger partial charge in [0.15, 0.2) is 0 Å². The van der Waals surface area contributed by atoms with E-state index in [0.717, 1.165) is 59.9 Å². The minimum atomic E-state index is 0.0609. The van der Waals surface area contributed by atoms with E-state index in [9.17, 15) is 0 Å². The Balaban J connectivity index is 0.00000148. The number of halogens is 2. The number of pyridine rings is 1. The van der Waals surface area contributed by atoms with Crippen LogP contribution in [0.5, 0.6) is 0 Å². The molecule has 45 heavy (non-hydrogen) atoms. The molecule has 0 unspecified atom stereocenters. The minimum absolute atomic E-state index is 0.0609. The van der Waals surface area contributed by atoms with E-state index in [4.69, 9.17) is 35.2 Å². The molecule has 2 aliphatic rings. The molecule has 6 heteroatoms. The zero-order valence-corrected chi connectivity index (χ0v) is 31.9. The van der Waals surface area contributed by atoms with Gasteiger partial charge in [-0.3, -0.25) is 9.98 Å². The van der Waals surface area contributed by atoms with Crippen LogP contribution in [0.25, 0.3) is 0 Å². The zero-order valence-electron chi connectivity index (χ0n) is 29.3. The topological polar surface area (TPSA) is 37.6 Å². The first-order valence-corrected chi connectivity index (χ1v) is 19.1. The molecule has 3 nitrogen and oxygen atoms in total. The van der Waals surface area contributed by atoms with Crippen molar-refractivity contribution in [2.45, 2.75) is 130 Å². The second-order valence-electron chi connectivity index (χ2n) is 16.7. The standard InChI is InChI=1S/C39H51N3.2ClH.Fe/c1-36(2,3)26-18-27(37(4,5)6)21-30(20-26)40-32-15-13-24-17-25-14-16-33(35(25)42-34(24)32)41-31-22-28(38(7,8)9)19-29(23-31)39(10,11)12;;;/h17-23H,13-16H2,1-12H3;2*1H;/q;;;+2/p-2. The number of aromatic nitrogens is 1. The predicted molar refractivity (Wildman–Crippen MR) is 193 cm³/mol. The van der Waals surface area contributed by atoms with Crippen LogP contribution in [-0.4, -0.2) is 16.4 Å². The summed E-state index contributed by atoms with van der Waals surface area (Å²) in [6, 6.07) is 16.2. The van der Waals surface area contributed by atoms with Crippen molar-refractivity contribution < 1.29 is 13.1 Å². The molecule has 0 saturated carbocycles. The SMILES string of the molecule is CC(C)(C)c1cc(N=C2CCc3cc4c(nc32)C(=Nc2cc(C(C)(C)C)cc(C(C)(C)C)c2)CC4)cc(C(C)(C)C)c1.[Cl][Fe][Cl]. The zero-order chi connectivity index (χ0) is 33.5. The van der Waals surface area contributed by atoms with Gasteiger partial charge in [0.1, 0.15) is 0 Å². The van der Waals surface area contributed by atoms with Crippen molar-refractivity contribution >= 4 is 43.0 Å². The van der Waals surface area contributed by atoms with Crippen LogP contribution < -0.4 is 0 Å². The average molecular weight is 689 g/mol. The Labute approximate surface area is 287 Å². The number of aryl methyl sites for hydroxylation is 2. The molecule has 0 fully saturated rings. The molecule has 3 aromatic rings. The van der Waals surface area contributed by atoms with Crippen molar-refractivity contribution in [1.82, 2.24) is 4.98 Å². The van der Waals surface area contributed by atoms with Gasteiger partial charge >= 0.3 is 33.3 Å². The van der Waals surface area contributed by atoms with Crippen LogP contribution in [0.2, 0.25) is 0 Å². The van der Waals surface area contributed by atoms with Crippen molar-refractivity contribution in [3.8, 4) is 0 Å². The fourth-order valence-corrected chi connectivity index (χ4v) is 5.84. The molecule has 0 N–H and O–H groups in total. The Morgan fingerprint density at radius 1 is 0.489 bits per heavy atom. The molecule has 1 aromatic heterocycles. The number of rotatable bonds is 2. The number of fused-ring (bicyclic) bond motifs is 2. The van der Waals surface area contributed by atoms with Gasteiger partial charge in [0, 0.05) is 0 Å². The molecule has 0 spiro atoms. The molecule has 1 heterocycles. The molecule has 0 amide bonds. The molecule has 244 valence electrons. The van der Waals surface area contributed by atoms with Crippen molar-refractivity contribution in [1.29, 1.82) is 0 Å². The normalized spacial score (nSPS) is 17.0. The van der Waals surface area contributed by atoms with Gasteiger partial charge in [-0.15, -0.1) is 0 Å². The van der Waals surface area contributed by atoms with Crippen molar-refractivity contribution in [2.24, 2.45) is 9.98 Å². The molecular formula is C39H51Cl2FeN3. The van der Waals surface area contributed by atoms with Gasteiger partial charge < -0.3 is 0 Å². The van der Waals surface area contributed by atoms with Gasteiger partial charge in [0.25, 0.3) is 0 Å². The second kappa shape index (κ2) is 13.3. The molecule has 5 rings (SSSR count). The van der Waals surface area contributed by atoms with Crippen LogP contribution in [0.4, 0.5) is 11.4 Å². The van der Waals surface area contributed by atoms with Gasteiger partial charge in [0.05, 0.1) is 34.2 Å². The maximum atomic E-state index is 5.31. The van der Waals surface area contributed by atoms with Gasteiger partial charge in [-0.05, 0) is 105 Å². The molecule has 0 saturated heterocycles. The van der Waals surface area contributed by atoms with E-state index in [1.165, 1.54) is 33.4 Å². The van der Waals surface area contributed by atoms with E-state index in [1.807, 2.05) is 0 Å². The Morgan fingerprint density at radius 3 is 1.04 bits per heavy atom. The summed E-state index contributed by atoms with van der Waals surface area (Å²) >= 11 is 0.194. The van der Waals surface area contributed by atoms with E-state index < -0.39 is 0 Å². The second-order valence-corrected chi connectivity index (χ2v) is 18.5. The van der Waals surface area contributed by atoms with Gasteiger partial charge in [0.2, 0.25) is 0 Å². The third-order valence-electron chi connectivity index (χ3n) is 8.82. The van der Waals surface area contributed by atoms with E-state index >= 15 is 0 Å². The van der Waals surface area contributed by atoms with Gasteiger partial charge in [-0.1, -0.05) is 101 Å². The number of hydrogen-bond acceptors (Lipinski definition) is 3. The molecule has 2 aromatic carbocycles. The van der Waals surface area contributed by atoms with Crippen molar-refractivity contribution in [3.05, 3.63) is 87.2 Å². The summed E-state index contributed by atoms with van der Waals surface area (Å²) in [5, 5.41) is 0. The first-order chi connectivity index (χ1) is 20.7. The number of nitrogens with zero attached hydrogens (tertiary/aromatic N) is 3. The van der Waals surface area contributed by atoms with Crippen molar-refractivity contribution in [2.75, 3.05) is 0 Å². The van der Waals surface area contributed by atoms with Gasteiger partial charge in [-0.25, -0.2) is 4.98 Å². The van der Waals surface area contributed by atoms with E-state index in [1.54, 1.807) is 0 Å². The van der Waals surface area contributed by atoms with E-state index in [2.05, 4.69) is 126 Å². The van der Waals surface area contributed by atoms with Crippen LogP contribution in [0.3, 0.4) is 0 Å². The van der Waals surface area contributed by atoms with Crippen LogP contribution in [-0.2, 0) is 47.6 Å². The van der Waals surface area contributed by atoms with Gasteiger partial charge in [-0.2, -0.15) is 0 Å². The fraction of sp³-hybridized carbons (Fsp3) is 0.513. The molecule has 0 aliphatic heterocycles. The number of hydrogen-bond donors (Lipinski definition) is 0. The average Bonchev–Trinajstić information content (AvgIpc) is 3.49. The molecule has 0 bridgehead atoms. The summed E-state index contributed by atoms with van der Waals surface area (Å²) < 4.78 is 0. The Morgan fingerprint density at radius 2 is 0.778 bits per heavy atom. The molecule has 0 atom stereocenters. The van der Waals surface area contributed by atoms with E-state index in [-0.39, 0.29) is 34.8 Å². The summed E-state index contributed by atoms with van der Waals surface area (Å²) in [6.45, 7) is 27.4. The van der Waals surface area contributed by atoms with Crippen LogP contribution in [0, 0.1) is 0 Å². The third-order valence-corrected chi connectivity index (χ3v) is 8.82. The summed E-state index contributed by atoms with van der Waals surface area (Å²) in [6.07, 6.45) is 3.89. The van der Waals surface area contributed by atoms with Crippen LogP contribution in [0.1, 0.15) is 141 Å². The quantitative estimate of drug-likeness (QED) is 0.247. The summed E-state index contributed by atoms with van der Waals surface area (Å²) in [4.78, 5) is 15.9. The number of aliphatic imine (C=N–C) groups is 2. The van der Waals surface area contributed by atoms with Crippen LogP contribution in [0.15, 0.2) is 52.4 Å². The Kier molecular flexibility index (Phi) is 10.6. The molecule has 0 radical (unpaired) electrons. The third kappa shape index (κ3) is 8.69. The maximum absolute atomic E-state index is 5.31. The van der Waals surface area contributed by atoms with E-state index in [0.29, 0.717) is 0 Å². The number of benzene rings is 2. The van der Waals surface area contributed by atoms with Crippen LogP contribution >= 0.6 is 20.2 Å². The summed E-state index contributed by atoms with van der Waals surface area (Å²) in [7, 11) is 9.53. The fourth-order valence-electron chi connectivity index (χ4n) is 5.84. The first kappa shape index (κ1) is 35.9. The first-order valence-electron chi connectivity index (χ1n) is 16.1. The molecule has 2 aliphatic carbocycles. The molecular weight excluding hydrogens is 637 g/mol. The Hall–Kier alpha value is -1.97.